The lowest BCUT2D eigenvalue weighted by atomic mass is 9.58. The van der Waals surface area contributed by atoms with Crippen molar-refractivity contribution in [1.29, 1.82) is 0 Å². The highest BCUT2D eigenvalue weighted by atomic mass is 35.5. The Morgan fingerprint density at radius 2 is 1.63 bits per heavy atom. The zero-order valence-electron chi connectivity index (χ0n) is 28.9. The fraction of sp³-hybridized carbons (Fsp3) is 0.600. The summed E-state index contributed by atoms with van der Waals surface area (Å²) in [6, 6.07) is 10.9. The molecule has 1 fully saturated rings. The molecule has 1 aliphatic rings. The number of carbonyl (C=O) groups is 2. The first-order valence-corrected chi connectivity index (χ1v) is 18.6. The quantitative estimate of drug-likeness (QED) is 0.104. The largest absolute Gasteiger partial charge is 0.469 e. The minimum atomic E-state index is -1.27. The van der Waals surface area contributed by atoms with E-state index in [1.165, 1.54) is 31.4 Å². The zero-order chi connectivity index (χ0) is 34.6. The molecule has 11 heteroatoms. The number of rotatable bonds is 12. The van der Waals surface area contributed by atoms with E-state index in [0.29, 0.717) is 10.6 Å². The molecule has 253 valence electrons. The Morgan fingerprint density at radius 1 is 1.02 bits per heavy atom. The highest BCUT2D eigenvalue weighted by Gasteiger charge is 2.53. The van der Waals surface area contributed by atoms with Gasteiger partial charge in [0, 0.05) is 17.2 Å². The number of non-ortho nitro benzene ring substituents is 1. The Labute approximate surface area is 280 Å². The molecule has 1 amide bonds. The van der Waals surface area contributed by atoms with Crippen molar-refractivity contribution in [1.82, 2.24) is 5.32 Å². The average Bonchev–Trinajstić information content (AvgIpc) is 2.91. The van der Waals surface area contributed by atoms with Crippen LogP contribution in [0.5, 0.6) is 5.75 Å². The summed E-state index contributed by atoms with van der Waals surface area (Å²) < 4.78 is 17.4. The third-order valence-corrected chi connectivity index (χ3v) is 9.90. The predicted octanol–water partition coefficient (Wildman–Crippen LogP) is 8.73. The van der Waals surface area contributed by atoms with Gasteiger partial charge >= 0.3 is 12.1 Å². The normalized spacial score (nSPS) is 19.4. The molecule has 1 radical (unpaired) electrons. The lowest BCUT2D eigenvalue weighted by Gasteiger charge is -2.51. The number of halogens is 1. The first kappa shape index (κ1) is 37.5. The third kappa shape index (κ3) is 9.54. The number of nitrogens with one attached hydrogen (secondary N) is 1. The van der Waals surface area contributed by atoms with Gasteiger partial charge in [0.25, 0.3) is 5.69 Å². The van der Waals surface area contributed by atoms with Crippen LogP contribution >= 0.6 is 11.6 Å². The fourth-order valence-electron chi connectivity index (χ4n) is 6.38. The van der Waals surface area contributed by atoms with Crippen LogP contribution in [0.15, 0.2) is 42.5 Å². The van der Waals surface area contributed by atoms with Crippen molar-refractivity contribution in [3.8, 4) is 5.75 Å². The van der Waals surface area contributed by atoms with Gasteiger partial charge in [-0.05, 0) is 97.7 Å². The number of esters is 1. The summed E-state index contributed by atoms with van der Waals surface area (Å²) in [5.41, 5.74) is 0.285. The van der Waals surface area contributed by atoms with E-state index in [4.69, 9.17) is 25.5 Å². The Morgan fingerprint density at radius 3 is 2.11 bits per heavy atom. The van der Waals surface area contributed by atoms with E-state index in [2.05, 4.69) is 60.0 Å². The monoisotopic (exact) mass is 673 g/mol. The average molecular weight is 674 g/mol. The summed E-state index contributed by atoms with van der Waals surface area (Å²) in [5, 5.41) is 14.6. The zero-order valence-corrected chi connectivity index (χ0v) is 30.6. The predicted molar refractivity (Wildman–Crippen MR) is 182 cm³/mol. The lowest BCUT2D eigenvalue weighted by molar-refractivity contribution is -0.384. The molecular formula is C35H50ClN2O7Si. The van der Waals surface area contributed by atoms with Crippen LogP contribution in [0.4, 0.5) is 10.5 Å². The first-order chi connectivity index (χ1) is 21.2. The Balaban J connectivity index is 2.00. The van der Waals surface area contributed by atoms with Crippen LogP contribution in [-0.4, -0.2) is 39.2 Å². The summed E-state index contributed by atoms with van der Waals surface area (Å²) >= 11 is 6.85. The number of nitrogens with zero attached hydrogens (tertiary/aromatic N) is 1. The molecule has 0 aliphatic heterocycles. The molecule has 46 heavy (non-hydrogen) atoms. The Bertz CT molecular complexity index is 1380. The van der Waals surface area contributed by atoms with Crippen LogP contribution < -0.4 is 10.1 Å². The van der Waals surface area contributed by atoms with Crippen molar-refractivity contribution >= 4 is 38.4 Å². The smallest absolute Gasteiger partial charge is 0.413 e. The minimum absolute atomic E-state index is 0.0359. The molecule has 3 unspecified atom stereocenters. The van der Waals surface area contributed by atoms with Crippen LogP contribution in [0.2, 0.25) is 18.1 Å². The fourth-order valence-corrected chi connectivity index (χ4v) is 7.71. The maximum atomic E-state index is 13.7. The molecule has 0 bridgehead atoms. The van der Waals surface area contributed by atoms with Gasteiger partial charge in [-0.2, -0.15) is 0 Å². The van der Waals surface area contributed by atoms with Crippen molar-refractivity contribution in [2.24, 2.45) is 28.6 Å². The van der Waals surface area contributed by atoms with Crippen LogP contribution in [0.25, 0.3) is 0 Å². The molecule has 0 saturated heterocycles. The first-order valence-electron chi connectivity index (χ1n) is 15.8. The van der Waals surface area contributed by atoms with Crippen molar-refractivity contribution in [2.75, 3.05) is 7.11 Å². The number of nitro benzene ring substituents is 1. The van der Waals surface area contributed by atoms with Gasteiger partial charge in [0.1, 0.15) is 5.75 Å². The molecule has 3 atom stereocenters. The van der Waals surface area contributed by atoms with Gasteiger partial charge in [0.15, 0.2) is 0 Å². The molecule has 2 aromatic rings. The number of hydrogen-bond donors (Lipinski definition) is 1. The van der Waals surface area contributed by atoms with E-state index in [1.54, 1.807) is 6.92 Å². The molecular weight excluding hydrogens is 624 g/mol. The minimum Gasteiger partial charge on any atom is -0.469 e. The summed E-state index contributed by atoms with van der Waals surface area (Å²) in [6.07, 6.45) is 2.40. The second kappa shape index (κ2) is 14.9. The van der Waals surface area contributed by atoms with E-state index in [1.807, 2.05) is 18.2 Å². The second-order valence-electron chi connectivity index (χ2n) is 15.1. The number of ether oxygens (including phenoxy) is 2. The summed E-state index contributed by atoms with van der Waals surface area (Å²) in [6.45, 7) is 19.1. The Kier molecular flexibility index (Phi) is 12.1. The Hall–Kier alpha value is -2.95. The molecule has 3 rings (SSSR count). The SMILES string of the molecule is COC(=O)C(C1CC(C(O[Si](C)C)C(C)(C)C)C1)C(C)(NC(=O)Oc1ccc([N+](=O)[O-])cc1)c1ccc(CCC(C)(C)C)c(Cl)c1. The number of hydrogen-bond acceptors (Lipinski definition) is 7. The van der Waals surface area contributed by atoms with Crippen LogP contribution in [0, 0.1) is 38.7 Å². The molecule has 1 saturated carbocycles. The third-order valence-electron chi connectivity index (χ3n) is 8.82. The second-order valence-corrected chi connectivity index (χ2v) is 17.6. The summed E-state index contributed by atoms with van der Waals surface area (Å²) in [7, 11) is 0.397. The number of methoxy groups -OCH3 is 1. The van der Waals surface area contributed by atoms with E-state index in [0.717, 1.165) is 31.2 Å². The highest BCUT2D eigenvalue weighted by Crippen LogP contribution is 2.51. The number of aryl methyl sites for hydroxylation is 1. The van der Waals surface area contributed by atoms with Gasteiger partial charge in [-0.1, -0.05) is 65.3 Å². The van der Waals surface area contributed by atoms with Crippen molar-refractivity contribution < 1.29 is 28.4 Å². The van der Waals surface area contributed by atoms with E-state index < -0.39 is 37.5 Å². The molecule has 1 N–H and O–H groups in total. The van der Waals surface area contributed by atoms with Crippen LogP contribution in [0.1, 0.15) is 78.9 Å². The van der Waals surface area contributed by atoms with Gasteiger partial charge in [-0.25, -0.2) is 4.79 Å². The van der Waals surface area contributed by atoms with Crippen molar-refractivity contribution in [3.63, 3.8) is 0 Å². The van der Waals surface area contributed by atoms with Gasteiger partial charge < -0.3 is 19.2 Å². The molecule has 2 aromatic carbocycles. The number of amides is 1. The maximum Gasteiger partial charge on any atom is 0.413 e. The van der Waals surface area contributed by atoms with Crippen LogP contribution in [-0.2, 0) is 25.9 Å². The summed E-state index contributed by atoms with van der Waals surface area (Å²) in [5.74, 6) is -0.945. The molecule has 1 aliphatic carbocycles. The molecule has 9 nitrogen and oxygen atoms in total. The molecule has 0 aromatic heterocycles. The van der Waals surface area contributed by atoms with E-state index in [-0.39, 0.29) is 40.2 Å². The lowest BCUT2D eigenvalue weighted by Crippen LogP contribution is -2.58. The van der Waals surface area contributed by atoms with Gasteiger partial charge in [0.05, 0.1) is 29.6 Å². The number of benzene rings is 2. The maximum absolute atomic E-state index is 13.7. The number of nitro groups is 1. The van der Waals surface area contributed by atoms with E-state index in [9.17, 15) is 19.7 Å². The molecule has 0 heterocycles. The van der Waals surface area contributed by atoms with Crippen molar-refractivity contribution in [2.45, 2.75) is 98.9 Å². The van der Waals surface area contributed by atoms with Gasteiger partial charge in [0.2, 0.25) is 9.04 Å². The topological polar surface area (TPSA) is 117 Å². The van der Waals surface area contributed by atoms with Gasteiger partial charge in [-0.3, -0.25) is 14.9 Å². The summed E-state index contributed by atoms with van der Waals surface area (Å²) in [4.78, 5) is 37.7. The van der Waals surface area contributed by atoms with Gasteiger partial charge in [-0.15, -0.1) is 0 Å². The standard InChI is InChI=1S/C35H50ClN2O7Si/c1-33(2,3)18-17-22-11-12-25(21-28(22)36)35(7,37-32(40)44-27-15-13-26(14-16-27)38(41)42)29(31(39)43-8)23-19-24(20-23)30(34(4,5)6)45-46(9)10/h11-16,21,23-24,29-30H,17-20H2,1-10H3,(H,37,40). The van der Waals surface area contributed by atoms with E-state index >= 15 is 0 Å². The van der Waals surface area contributed by atoms with Crippen molar-refractivity contribution in [3.05, 3.63) is 68.7 Å². The van der Waals surface area contributed by atoms with Crippen LogP contribution in [0.3, 0.4) is 0 Å². The number of carbonyl (C=O) groups excluding carboxylic acids is 2. The highest BCUT2D eigenvalue weighted by molar-refractivity contribution is 6.48. The molecule has 0 spiro atoms.